The Labute approximate surface area is 105 Å². The lowest BCUT2D eigenvalue weighted by Crippen LogP contribution is -2.18. The number of rotatable bonds is 3. The first kappa shape index (κ1) is 13.1. The van der Waals surface area contributed by atoms with Gasteiger partial charge in [-0.15, -0.1) is 0 Å². The number of nitrogens with zero attached hydrogens (tertiary/aromatic N) is 4. The molecule has 2 rings (SSSR count). The number of nitrogens with one attached hydrogen (secondary N) is 1. The first-order valence-corrected chi connectivity index (χ1v) is 5.24. The van der Waals surface area contributed by atoms with Crippen molar-refractivity contribution in [2.75, 3.05) is 5.32 Å². The fourth-order valence-electron chi connectivity index (χ4n) is 1.49. The van der Waals surface area contributed by atoms with Crippen molar-refractivity contribution in [2.24, 2.45) is 7.05 Å². The van der Waals surface area contributed by atoms with E-state index in [2.05, 4.69) is 15.5 Å². The Bertz CT molecular complexity index is 586. The summed E-state index contributed by atoms with van der Waals surface area (Å²) in [5.41, 5.74) is 0.485. The van der Waals surface area contributed by atoms with Crippen molar-refractivity contribution in [3.8, 4) is 0 Å². The van der Waals surface area contributed by atoms with Gasteiger partial charge in [-0.05, 0) is 6.07 Å². The van der Waals surface area contributed by atoms with Crippen molar-refractivity contribution in [2.45, 2.75) is 12.7 Å². The molecule has 0 fully saturated rings. The summed E-state index contributed by atoms with van der Waals surface area (Å²) in [6.45, 7) is -1.20. The Kier molecular flexibility index (Phi) is 3.28. The number of hydrogen-bond acceptors (Lipinski definition) is 3. The monoisotopic (exact) mass is 273 g/mol. The lowest BCUT2D eigenvalue weighted by Gasteiger charge is -2.05. The number of carbonyl (C=O) groups excluding carboxylic acids is 1. The summed E-state index contributed by atoms with van der Waals surface area (Å²) in [5.74, 6) is -0.466. The Morgan fingerprint density at radius 3 is 2.74 bits per heavy atom. The maximum Gasteiger partial charge on any atom is 0.408 e. The van der Waals surface area contributed by atoms with E-state index in [1.165, 1.54) is 16.9 Å². The van der Waals surface area contributed by atoms with Crippen LogP contribution in [0, 0.1) is 0 Å². The van der Waals surface area contributed by atoms with Gasteiger partial charge in [0.25, 0.3) is 5.91 Å². The van der Waals surface area contributed by atoms with Crippen molar-refractivity contribution < 1.29 is 18.0 Å². The SMILES string of the molecule is Cn1nccc1C(=O)Nc1cnn(CC(F)(F)F)c1. The molecule has 2 aromatic rings. The lowest BCUT2D eigenvalue weighted by atomic mass is 10.4. The second-order valence-corrected chi connectivity index (χ2v) is 3.84. The summed E-state index contributed by atoms with van der Waals surface area (Å²) in [5, 5.41) is 9.78. The molecule has 0 unspecified atom stereocenters. The van der Waals surface area contributed by atoms with Gasteiger partial charge in [0.2, 0.25) is 0 Å². The third-order valence-corrected chi connectivity index (χ3v) is 2.29. The molecule has 1 amide bonds. The van der Waals surface area contributed by atoms with Crippen molar-refractivity contribution in [1.29, 1.82) is 0 Å². The molecule has 6 nitrogen and oxygen atoms in total. The molecule has 0 aliphatic heterocycles. The summed E-state index contributed by atoms with van der Waals surface area (Å²) < 4.78 is 38.5. The minimum Gasteiger partial charge on any atom is -0.318 e. The minimum atomic E-state index is -4.35. The van der Waals surface area contributed by atoms with Gasteiger partial charge in [0.05, 0.1) is 11.9 Å². The van der Waals surface area contributed by atoms with E-state index >= 15 is 0 Å². The summed E-state index contributed by atoms with van der Waals surface area (Å²) in [6.07, 6.45) is -0.640. The zero-order valence-corrected chi connectivity index (χ0v) is 9.85. The van der Waals surface area contributed by atoms with Crippen LogP contribution in [0.1, 0.15) is 10.5 Å². The van der Waals surface area contributed by atoms with Crippen LogP contribution in [0.4, 0.5) is 18.9 Å². The van der Waals surface area contributed by atoms with E-state index in [4.69, 9.17) is 0 Å². The second-order valence-electron chi connectivity index (χ2n) is 3.84. The second kappa shape index (κ2) is 4.75. The molecule has 0 bridgehead atoms. The largest absolute Gasteiger partial charge is 0.408 e. The lowest BCUT2D eigenvalue weighted by molar-refractivity contribution is -0.142. The Morgan fingerprint density at radius 2 is 2.16 bits per heavy atom. The van der Waals surface area contributed by atoms with E-state index in [0.29, 0.717) is 10.4 Å². The Morgan fingerprint density at radius 1 is 1.42 bits per heavy atom. The molecule has 2 aromatic heterocycles. The average Bonchev–Trinajstić information content (AvgIpc) is 2.85. The molecular weight excluding hydrogens is 263 g/mol. The quantitative estimate of drug-likeness (QED) is 0.920. The van der Waals surface area contributed by atoms with Crippen molar-refractivity contribution in [1.82, 2.24) is 19.6 Å². The Balaban J connectivity index is 2.04. The molecule has 0 atom stereocenters. The van der Waals surface area contributed by atoms with Crippen LogP contribution in [0.25, 0.3) is 0 Å². The normalized spacial score (nSPS) is 11.6. The summed E-state index contributed by atoms with van der Waals surface area (Å²) in [6, 6.07) is 1.50. The van der Waals surface area contributed by atoms with Crippen molar-refractivity contribution >= 4 is 11.6 Å². The number of hydrogen-bond donors (Lipinski definition) is 1. The highest BCUT2D eigenvalue weighted by Gasteiger charge is 2.28. The van der Waals surface area contributed by atoms with Crippen molar-refractivity contribution in [3.63, 3.8) is 0 Å². The molecule has 0 saturated carbocycles. The molecule has 0 aromatic carbocycles. The third kappa shape index (κ3) is 3.33. The van der Waals surface area contributed by atoms with Gasteiger partial charge < -0.3 is 5.32 Å². The number of aromatic nitrogens is 4. The van der Waals surface area contributed by atoms with Gasteiger partial charge >= 0.3 is 6.18 Å². The average molecular weight is 273 g/mol. The highest BCUT2D eigenvalue weighted by atomic mass is 19.4. The van der Waals surface area contributed by atoms with Crippen LogP contribution in [0.5, 0.6) is 0 Å². The first-order chi connectivity index (χ1) is 8.85. The zero-order chi connectivity index (χ0) is 14.0. The van der Waals surface area contributed by atoms with Crippen LogP contribution < -0.4 is 5.32 Å². The minimum absolute atomic E-state index is 0.190. The fourth-order valence-corrected chi connectivity index (χ4v) is 1.49. The molecule has 2 heterocycles. The maximum absolute atomic E-state index is 12.1. The van der Waals surface area contributed by atoms with Gasteiger partial charge in [0, 0.05) is 19.4 Å². The molecule has 0 spiro atoms. The predicted molar refractivity (Wildman–Crippen MR) is 59.4 cm³/mol. The van der Waals surface area contributed by atoms with Crippen LogP contribution >= 0.6 is 0 Å². The van der Waals surface area contributed by atoms with Gasteiger partial charge in [-0.2, -0.15) is 23.4 Å². The van der Waals surface area contributed by atoms with Crippen molar-refractivity contribution in [3.05, 3.63) is 30.4 Å². The van der Waals surface area contributed by atoms with Gasteiger partial charge in [0.1, 0.15) is 12.2 Å². The van der Waals surface area contributed by atoms with Gasteiger partial charge in [0.15, 0.2) is 0 Å². The summed E-state index contributed by atoms with van der Waals surface area (Å²) in [4.78, 5) is 11.8. The fraction of sp³-hybridized carbons (Fsp3) is 0.300. The molecular formula is C10H10F3N5O. The highest BCUT2D eigenvalue weighted by Crippen LogP contribution is 2.18. The smallest absolute Gasteiger partial charge is 0.318 e. The summed E-state index contributed by atoms with van der Waals surface area (Å²) in [7, 11) is 1.59. The topological polar surface area (TPSA) is 64.7 Å². The number of carbonyl (C=O) groups is 1. The molecule has 19 heavy (non-hydrogen) atoms. The van der Waals surface area contributed by atoms with E-state index in [0.717, 1.165) is 12.4 Å². The van der Waals surface area contributed by atoms with Crippen LogP contribution in [-0.4, -0.2) is 31.6 Å². The van der Waals surface area contributed by atoms with E-state index in [1.807, 2.05) is 0 Å². The molecule has 0 aliphatic rings. The number of anilines is 1. The first-order valence-electron chi connectivity index (χ1n) is 5.24. The maximum atomic E-state index is 12.1. The number of alkyl halides is 3. The highest BCUT2D eigenvalue weighted by molar-refractivity contribution is 6.02. The van der Waals surface area contributed by atoms with Gasteiger partial charge in [-0.25, -0.2) is 0 Å². The van der Waals surface area contributed by atoms with E-state index < -0.39 is 18.6 Å². The third-order valence-electron chi connectivity index (χ3n) is 2.29. The zero-order valence-electron chi connectivity index (χ0n) is 9.85. The van der Waals surface area contributed by atoms with E-state index in [9.17, 15) is 18.0 Å². The van der Waals surface area contributed by atoms with Crippen LogP contribution in [0.3, 0.4) is 0 Å². The molecule has 9 heteroatoms. The van der Waals surface area contributed by atoms with Gasteiger partial charge in [-0.1, -0.05) is 0 Å². The van der Waals surface area contributed by atoms with Crippen LogP contribution in [0.15, 0.2) is 24.7 Å². The number of halogens is 3. The van der Waals surface area contributed by atoms with E-state index in [-0.39, 0.29) is 5.69 Å². The number of amides is 1. The molecule has 102 valence electrons. The summed E-state index contributed by atoms with van der Waals surface area (Å²) >= 11 is 0. The van der Waals surface area contributed by atoms with E-state index in [1.54, 1.807) is 7.05 Å². The van der Waals surface area contributed by atoms with Crippen LogP contribution in [0.2, 0.25) is 0 Å². The molecule has 0 aliphatic carbocycles. The van der Waals surface area contributed by atoms with Gasteiger partial charge in [-0.3, -0.25) is 14.2 Å². The Hall–Kier alpha value is -2.32. The molecule has 0 radical (unpaired) electrons. The van der Waals surface area contributed by atoms with Crippen LogP contribution in [-0.2, 0) is 13.6 Å². The molecule has 1 N–H and O–H groups in total. The predicted octanol–water partition coefficient (Wildman–Crippen LogP) is 1.43. The molecule has 0 saturated heterocycles. The number of aryl methyl sites for hydroxylation is 1. The standard InChI is InChI=1S/C10H10F3N5O/c1-17-8(2-3-14-17)9(19)16-7-4-15-18(5-7)6-10(11,12)13/h2-5H,6H2,1H3,(H,16,19).